The van der Waals surface area contributed by atoms with Gasteiger partial charge in [-0.05, 0) is 117 Å². The molecule has 0 aliphatic carbocycles. The first kappa shape index (κ1) is 26.7. The quantitative estimate of drug-likeness (QED) is 0.205. The van der Waals surface area contributed by atoms with E-state index in [1.54, 1.807) is 36.4 Å². The molecule has 0 spiro atoms. The highest BCUT2D eigenvalue weighted by Gasteiger charge is 2.34. The van der Waals surface area contributed by atoms with Crippen LogP contribution in [0.15, 0.2) is 75.2 Å². The molecule has 3 aromatic rings. The number of halogens is 2. The van der Waals surface area contributed by atoms with Crippen molar-refractivity contribution < 1.29 is 19.1 Å². The van der Waals surface area contributed by atoms with Gasteiger partial charge >= 0.3 is 0 Å². The van der Waals surface area contributed by atoms with Crippen molar-refractivity contribution >= 4 is 84.4 Å². The molecule has 0 atom stereocenters. The number of para-hydroxylation sites is 1. The largest absolute Gasteiger partial charge is 0.481 e. The number of hydrogen-bond acceptors (Lipinski definition) is 5. The van der Waals surface area contributed by atoms with Crippen LogP contribution in [0.3, 0.4) is 0 Å². The van der Waals surface area contributed by atoms with E-state index in [9.17, 15) is 14.4 Å². The van der Waals surface area contributed by atoms with E-state index in [2.05, 4.69) is 42.5 Å². The van der Waals surface area contributed by atoms with Crippen molar-refractivity contribution in [2.45, 2.75) is 13.8 Å². The lowest BCUT2D eigenvalue weighted by Gasteiger charge is -2.28. The number of amides is 3. The molecule has 0 unspecified atom stereocenters. The zero-order valence-electron chi connectivity index (χ0n) is 19.8. The molecule has 3 amide bonds. The van der Waals surface area contributed by atoms with E-state index in [1.807, 2.05) is 38.1 Å². The van der Waals surface area contributed by atoms with Crippen LogP contribution in [0.5, 0.6) is 5.75 Å². The highest BCUT2D eigenvalue weighted by atomic mass is 79.9. The van der Waals surface area contributed by atoms with Crippen LogP contribution in [0, 0.1) is 13.8 Å². The molecule has 1 fully saturated rings. The van der Waals surface area contributed by atoms with E-state index < -0.39 is 11.8 Å². The molecule has 188 valence electrons. The molecule has 4 rings (SSSR count). The fourth-order valence-corrected chi connectivity index (χ4v) is 5.32. The maximum absolute atomic E-state index is 13.2. The number of nitrogens with one attached hydrogen (secondary N) is 2. The van der Waals surface area contributed by atoms with Crippen molar-refractivity contribution in [3.63, 3.8) is 0 Å². The standard InChI is InChI=1S/C27H21Br2N3O4S/c1-15-8-9-18(10-16(15)2)30-23(33)14-36-24-21(28)12-17(13-22(24)29)11-20-25(34)31-27(37)32(26(20)35)19-6-4-3-5-7-19/h3-13H,14H2,1-2H3,(H,30,33)(H,31,34,37)/b20-11-. The minimum Gasteiger partial charge on any atom is -0.481 e. The van der Waals surface area contributed by atoms with Gasteiger partial charge in [-0.2, -0.15) is 0 Å². The predicted molar refractivity (Wildman–Crippen MR) is 155 cm³/mol. The summed E-state index contributed by atoms with van der Waals surface area (Å²) in [5.41, 5.74) is 3.94. The monoisotopic (exact) mass is 641 g/mol. The van der Waals surface area contributed by atoms with Crippen LogP contribution in [-0.4, -0.2) is 29.4 Å². The molecular weight excluding hydrogens is 622 g/mol. The SMILES string of the molecule is Cc1ccc(NC(=O)COc2c(Br)cc(/C=C3/C(=O)NC(=S)N(c4ccccc4)C3=O)cc2Br)cc1C. The van der Waals surface area contributed by atoms with Gasteiger partial charge in [-0.3, -0.25) is 24.6 Å². The lowest BCUT2D eigenvalue weighted by molar-refractivity contribution is -0.122. The van der Waals surface area contributed by atoms with Gasteiger partial charge in [-0.25, -0.2) is 0 Å². The maximum atomic E-state index is 13.2. The summed E-state index contributed by atoms with van der Waals surface area (Å²) >= 11 is 12.1. The molecule has 2 N–H and O–H groups in total. The van der Waals surface area contributed by atoms with E-state index in [0.717, 1.165) is 11.1 Å². The number of rotatable bonds is 6. The first-order valence-electron chi connectivity index (χ1n) is 11.1. The Hall–Kier alpha value is -3.34. The summed E-state index contributed by atoms with van der Waals surface area (Å²) in [6.07, 6.45) is 1.47. The average molecular weight is 643 g/mol. The van der Waals surface area contributed by atoms with Gasteiger partial charge in [0.25, 0.3) is 17.7 Å². The fourth-order valence-electron chi connectivity index (χ4n) is 3.59. The van der Waals surface area contributed by atoms with Crippen LogP contribution in [0.25, 0.3) is 6.08 Å². The lowest BCUT2D eigenvalue weighted by atomic mass is 10.1. The summed E-state index contributed by atoms with van der Waals surface area (Å²) in [5.74, 6) is -1.02. The summed E-state index contributed by atoms with van der Waals surface area (Å²) in [7, 11) is 0. The first-order valence-corrected chi connectivity index (χ1v) is 13.1. The number of ether oxygens (including phenoxy) is 1. The molecule has 3 aromatic carbocycles. The maximum Gasteiger partial charge on any atom is 0.270 e. The Bertz CT molecular complexity index is 1430. The highest BCUT2D eigenvalue weighted by Crippen LogP contribution is 2.36. The summed E-state index contributed by atoms with van der Waals surface area (Å²) < 4.78 is 6.80. The Kier molecular flexibility index (Phi) is 8.21. The molecular formula is C27H21Br2N3O4S. The van der Waals surface area contributed by atoms with Crippen molar-refractivity contribution in [2.24, 2.45) is 0 Å². The first-order chi connectivity index (χ1) is 17.6. The van der Waals surface area contributed by atoms with E-state index in [1.165, 1.54) is 11.0 Å². The molecule has 37 heavy (non-hydrogen) atoms. The molecule has 7 nitrogen and oxygen atoms in total. The van der Waals surface area contributed by atoms with Crippen molar-refractivity contribution in [2.75, 3.05) is 16.8 Å². The molecule has 10 heteroatoms. The summed E-state index contributed by atoms with van der Waals surface area (Å²) in [6, 6.07) is 17.9. The summed E-state index contributed by atoms with van der Waals surface area (Å²) in [5, 5.41) is 5.40. The van der Waals surface area contributed by atoms with Crippen LogP contribution < -0.4 is 20.3 Å². The Morgan fingerprint density at radius 3 is 2.35 bits per heavy atom. The number of anilines is 2. The third kappa shape index (κ3) is 6.15. The minimum absolute atomic E-state index is 0.0172. The second-order valence-corrected chi connectivity index (χ2v) is 10.3. The Balaban J connectivity index is 1.50. The molecule has 1 saturated heterocycles. The Morgan fingerprint density at radius 2 is 1.70 bits per heavy atom. The van der Waals surface area contributed by atoms with Crippen molar-refractivity contribution in [1.29, 1.82) is 0 Å². The van der Waals surface area contributed by atoms with Crippen molar-refractivity contribution in [3.05, 3.63) is 91.9 Å². The topological polar surface area (TPSA) is 87.7 Å². The molecule has 1 aliphatic rings. The smallest absolute Gasteiger partial charge is 0.270 e. The number of aryl methyl sites for hydroxylation is 2. The van der Waals surface area contributed by atoms with E-state index >= 15 is 0 Å². The number of hydrogen-bond donors (Lipinski definition) is 2. The van der Waals surface area contributed by atoms with Gasteiger partial charge in [0.2, 0.25) is 0 Å². The van der Waals surface area contributed by atoms with Crippen LogP contribution in [0.1, 0.15) is 16.7 Å². The van der Waals surface area contributed by atoms with Gasteiger partial charge in [0.15, 0.2) is 11.7 Å². The van der Waals surface area contributed by atoms with Gasteiger partial charge < -0.3 is 10.1 Å². The van der Waals surface area contributed by atoms with Gasteiger partial charge in [0.05, 0.1) is 14.6 Å². The van der Waals surface area contributed by atoms with Crippen LogP contribution in [-0.2, 0) is 14.4 Å². The van der Waals surface area contributed by atoms with Crippen LogP contribution in [0.2, 0.25) is 0 Å². The second-order valence-electron chi connectivity index (χ2n) is 8.24. The molecule has 1 aliphatic heterocycles. The molecule has 0 bridgehead atoms. The number of benzene rings is 3. The highest BCUT2D eigenvalue weighted by molar-refractivity contribution is 9.11. The van der Waals surface area contributed by atoms with Gasteiger partial charge in [0.1, 0.15) is 11.3 Å². The molecule has 0 radical (unpaired) electrons. The van der Waals surface area contributed by atoms with Crippen molar-refractivity contribution in [3.8, 4) is 5.75 Å². The number of carbonyl (C=O) groups excluding carboxylic acids is 3. The molecule has 0 aromatic heterocycles. The number of thiocarbonyl (C=S) groups is 1. The van der Waals surface area contributed by atoms with Gasteiger partial charge in [0, 0.05) is 5.69 Å². The van der Waals surface area contributed by atoms with E-state index in [0.29, 0.717) is 31.6 Å². The van der Waals surface area contributed by atoms with Crippen LogP contribution in [0.4, 0.5) is 11.4 Å². The number of nitrogens with zero attached hydrogens (tertiary/aromatic N) is 1. The third-order valence-corrected chi connectivity index (χ3v) is 7.05. The average Bonchev–Trinajstić information content (AvgIpc) is 2.84. The van der Waals surface area contributed by atoms with Crippen LogP contribution >= 0.6 is 44.1 Å². The normalized spacial score (nSPS) is 14.5. The number of carbonyl (C=O) groups is 3. The molecule has 1 heterocycles. The van der Waals surface area contributed by atoms with Gasteiger partial charge in [-0.1, -0.05) is 24.3 Å². The van der Waals surface area contributed by atoms with Gasteiger partial charge in [-0.15, -0.1) is 0 Å². The van der Waals surface area contributed by atoms with E-state index in [4.69, 9.17) is 17.0 Å². The summed E-state index contributed by atoms with van der Waals surface area (Å²) in [6.45, 7) is 3.77. The lowest BCUT2D eigenvalue weighted by Crippen LogP contribution is -2.54. The fraction of sp³-hybridized carbons (Fsp3) is 0.111. The van der Waals surface area contributed by atoms with Crippen molar-refractivity contribution in [1.82, 2.24) is 5.32 Å². The molecule has 0 saturated carbocycles. The Labute approximate surface area is 236 Å². The Morgan fingerprint density at radius 1 is 1.03 bits per heavy atom. The minimum atomic E-state index is -0.585. The zero-order chi connectivity index (χ0) is 26.7. The zero-order valence-corrected chi connectivity index (χ0v) is 23.8. The third-order valence-electron chi connectivity index (χ3n) is 5.59. The predicted octanol–water partition coefficient (Wildman–Crippen LogP) is 5.68. The second kappa shape index (κ2) is 11.4. The summed E-state index contributed by atoms with van der Waals surface area (Å²) in [4.78, 5) is 39.4. The van der Waals surface area contributed by atoms with E-state index in [-0.39, 0.29) is 23.2 Å².